The Morgan fingerprint density at radius 2 is 2.18 bits per heavy atom. The molecule has 0 unspecified atom stereocenters. The summed E-state index contributed by atoms with van der Waals surface area (Å²) in [6.07, 6.45) is 1.87. The van der Waals surface area contributed by atoms with Crippen LogP contribution in [0.3, 0.4) is 0 Å². The molecule has 5 nitrogen and oxygen atoms in total. The lowest BCUT2D eigenvalue weighted by Crippen LogP contribution is -2.39. The van der Waals surface area contributed by atoms with Crippen LogP contribution in [-0.2, 0) is 9.53 Å². The molecule has 0 saturated carbocycles. The van der Waals surface area contributed by atoms with E-state index in [1.54, 1.807) is 29.8 Å². The summed E-state index contributed by atoms with van der Waals surface area (Å²) >= 11 is 7.84. The maximum Gasteiger partial charge on any atom is 0.338 e. The van der Waals surface area contributed by atoms with E-state index in [0.717, 1.165) is 13.5 Å². The van der Waals surface area contributed by atoms with Crippen molar-refractivity contribution in [2.45, 2.75) is 19.9 Å². The predicted molar refractivity (Wildman–Crippen MR) is 117 cm³/mol. The fourth-order valence-electron chi connectivity index (χ4n) is 3.04. The molecule has 0 aromatic carbocycles. The van der Waals surface area contributed by atoms with Gasteiger partial charge in [-0.25, -0.2) is 9.79 Å². The number of thiazole rings is 1. The molecule has 0 spiro atoms. The van der Waals surface area contributed by atoms with Crippen molar-refractivity contribution in [1.29, 1.82) is 0 Å². The van der Waals surface area contributed by atoms with Crippen LogP contribution in [0.4, 0.5) is 0 Å². The number of esters is 1. The standard InChI is InChI=1S/C19H15BrN2O3S3/c1-3-25-18(24)15-10(2)21-19-22(16(15)12-5-4-8-26-12)17(23)13(28-19)9-11-6-7-14(20)27-11/h4-9,16H,3H2,1-2H3/b13-9+/t16-/m0/s1. The van der Waals surface area contributed by atoms with Gasteiger partial charge in [0.15, 0.2) is 4.80 Å². The summed E-state index contributed by atoms with van der Waals surface area (Å²) in [7, 11) is 0. The molecule has 0 amide bonds. The number of hydrogen-bond acceptors (Lipinski definition) is 7. The number of hydrogen-bond donors (Lipinski definition) is 0. The van der Waals surface area contributed by atoms with Crippen molar-refractivity contribution in [3.05, 3.63) is 74.1 Å². The van der Waals surface area contributed by atoms with Crippen LogP contribution in [0, 0.1) is 0 Å². The maximum absolute atomic E-state index is 13.3. The summed E-state index contributed by atoms with van der Waals surface area (Å²) in [6.45, 7) is 3.83. The van der Waals surface area contributed by atoms with Crippen LogP contribution in [0.15, 0.2) is 54.5 Å². The van der Waals surface area contributed by atoms with Gasteiger partial charge in [-0.15, -0.1) is 22.7 Å². The fraction of sp³-hybridized carbons (Fsp3) is 0.211. The molecule has 4 heterocycles. The second-order valence-corrected chi connectivity index (χ2v) is 10.4. The van der Waals surface area contributed by atoms with E-state index in [4.69, 9.17) is 4.74 Å². The topological polar surface area (TPSA) is 60.7 Å². The molecule has 144 valence electrons. The van der Waals surface area contributed by atoms with Crippen molar-refractivity contribution >= 4 is 62.0 Å². The van der Waals surface area contributed by atoms with E-state index in [0.29, 0.717) is 20.6 Å². The van der Waals surface area contributed by atoms with Gasteiger partial charge in [-0.3, -0.25) is 9.36 Å². The van der Waals surface area contributed by atoms with Gasteiger partial charge in [0.2, 0.25) is 0 Å². The van der Waals surface area contributed by atoms with Crippen molar-refractivity contribution in [2.75, 3.05) is 6.61 Å². The highest BCUT2D eigenvalue weighted by molar-refractivity contribution is 9.11. The van der Waals surface area contributed by atoms with Crippen LogP contribution in [0.5, 0.6) is 0 Å². The van der Waals surface area contributed by atoms with E-state index in [2.05, 4.69) is 20.9 Å². The first kappa shape index (κ1) is 19.5. The average Bonchev–Trinajstić information content (AvgIpc) is 3.37. The molecule has 1 aliphatic heterocycles. The predicted octanol–water partition coefficient (Wildman–Crippen LogP) is 3.68. The first-order chi connectivity index (χ1) is 13.5. The van der Waals surface area contributed by atoms with Gasteiger partial charge in [-0.05, 0) is 59.4 Å². The third kappa shape index (κ3) is 3.47. The number of carbonyl (C=O) groups excluding carboxylic acids is 1. The lowest BCUT2D eigenvalue weighted by molar-refractivity contribution is -0.139. The Balaban J connectivity index is 1.95. The first-order valence-electron chi connectivity index (χ1n) is 8.48. The molecule has 1 atom stereocenters. The van der Waals surface area contributed by atoms with Crippen LogP contribution in [0.1, 0.15) is 29.6 Å². The van der Waals surface area contributed by atoms with Gasteiger partial charge in [0.1, 0.15) is 6.04 Å². The summed E-state index contributed by atoms with van der Waals surface area (Å²) in [4.78, 5) is 33.0. The Morgan fingerprint density at radius 1 is 1.36 bits per heavy atom. The molecule has 0 N–H and O–H groups in total. The Labute approximate surface area is 181 Å². The van der Waals surface area contributed by atoms with E-state index in [1.165, 1.54) is 22.7 Å². The minimum absolute atomic E-state index is 0.152. The lowest BCUT2D eigenvalue weighted by Gasteiger charge is -2.23. The smallest absolute Gasteiger partial charge is 0.338 e. The minimum Gasteiger partial charge on any atom is -0.463 e. The van der Waals surface area contributed by atoms with Gasteiger partial charge < -0.3 is 4.74 Å². The summed E-state index contributed by atoms with van der Waals surface area (Å²) in [6, 6.07) is 7.23. The molecule has 0 radical (unpaired) electrons. The van der Waals surface area contributed by atoms with Gasteiger partial charge in [-0.1, -0.05) is 17.4 Å². The number of thiophene rings is 2. The second kappa shape index (κ2) is 7.90. The van der Waals surface area contributed by atoms with E-state index in [-0.39, 0.29) is 12.2 Å². The van der Waals surface area contributed by atoms with E-state index in [1.807, 2.05) is 35.7 Å². The van der Waals surface area contributed by atoms with Crippen molar-refractivity contribution in [2.24, 2.45) is 4.99 Å². The van der Waals surface area contributed by atoms with E-state index >= 15 is 0 Å². The van der Waals surface area contributed by atoms with Gasteiger partial charge >= 0.3 is 5.97 Å². The molecule has 0 fully saturated rings. The van der Waals surface area contributed by atoms with Crippen LogP contribution in [0.2, 0.25) is 0 Å². The van der Waals surface area contributed by atoms with Crippen molar-refractivity contribution < 1.29 is 9.53 Å². The van der Waals surface area contributed by atoms with Gasteiger partial charge in [0, 0.05) is 9.75 Å². The number of ether oxygens (including phenoxy) is 1. The summed E-state index contributed by atoms with van der Waals surface area (Å²) in [5.74, 6) is -0.432. The van der Waals surface area contributed by atoms with Gasteiger partial charge in [0.25, 0.3) is 5.56 Å². The lowest BCUT2D eigenvalue weighted by atomic mass is 10.0. The number of nitrogens with zero attached hydrogens (tertiary/aromatic N) is 2. The summed E-state index contributed by atoms with van der Waals surface area (Å²) < 4.78 is 8.47. The molecule has 1 aliphatic rings. The zero-order chi connectivity index (χ0) is 19.8. The number of carbonyl (C=O) groups is 1. The molecule has 0 bridgehead atoms. The molecule has 9 heteroatoms. The zero-order valence-corrected chi connectivity index (χ0v) is 19.0. The SMILES string of the molecule is CCOC(=O)C1=C(C)N=c2s/c(=C/c3ccc(Br)s3)c(=O)n2[C@H]1c1cccs1. The first-order valence-corrected chi connectivity index (χ1v) is 11.8. The molecule has 3 aromatic rings. The van der Waals surface area contributed by atoms with Crippen molar-refractivity contribution in [3.63, 3.8) is 0 Å². The molecule has 4 rings (SSSR count). The summed E-state index contributed by atoms with van der Waals surface area (Å²) in [5.41, 5.74) is 0.853. The van der Waals surface area contributed by atoms with E-state index in [9.17, 15) is 9.59 Å². The minimum atomic E-state index is -0.521. The van der Waals surface area contributed by atoms with Crippen LogP contribution < -0.4 is 14.9 Å². The average molecular weight is 495 g/mol. The number of allylic oxidation sites excluding steroid dienone is 1. The van der Waals surface area contributed by atoms with Crippen LogP contribution in [-0.4, -0.2) is 17.1 Å². The second-order valence-electron chi connectivity index (χ2n) is 5.96. The Hall–Kier alpha value is -1.81. The highest BCUT2D eigenvalue weighted by Gasteiger charge is 2.33. The third-order valence-corrected chi connectivity index (χ3v) is 7.68. The van der Waals surface area contributed by atoms with Crippen LogP contribution in [0.25, 0.3) is 6.08 Å². The van der Waals surface area contributed by atoms with Crippen molar-refractivity contribution in [3.8, 4) is 0 Å². The fourth-order valence-corrected chi connectivity index (χ4v) is 6.35. The maximum atomic E-state index is 13.3. The quantitative estimate of drug-likeness (QED) is 0.519. The Bertz CT molecular complexity index is 1250. The third-order valence-electron chi connectivity index (χ3n) is 4.20. The molecule has 28 heavy (non-hydrogen) atoms. The molecule has 0 saturated heterocycles. The number of fused-ring (bicyclic) bond motifs is 1. The normalized spacial score (nSPS) is 16.8. The molecule has 3 aromatic heterocycles. The van der Waals surface area contributed by atoms with Crippen molar-refractivity contribution in [1.82, 2.24) is 4.57 Å². The van der Waals surface area contributed by atoms with Crippen LogP contribution >= 0.6 is 49.9 Å². The highest BCUT2D eigenvalue weighted by Crippen LogP contribution is 2.33. The molecular weight excluding hydrogens is 480 g/mol. The Morgan fingerprint density at radius 3 is 2.82 bits per heavy atom. The largest absolute Gasteiger partial charge is 0.463 e. The zero-order valence-electron chi connectivity index (χ0n) is 15.0. The van der Waals surface area contributed by atoms with Gasteiger partial charge in [0.05, 0.1) is 26.2 Å². The number of rotatable bonds is 4. The monoisotopic (exact) mass is 494 g/mol. The number of aromatic nitrogens is 1. The molecule has 0 aliphatic carbocycles. The molecular formula is C19H15BrN2O3S3. The Kier molecular flexibility index (Phi) is 5.50. The number of halogens is 1. The highest BCUT2D eigenvalue weighted by atomic mass is 79.9. The van der Waals surface area contributed by atoms with E-state index < -0.39 is 12.0 Å². The van der Waals surface area contributed by atoms with Gasteiger partial charge in [-0.2, -0.15) is 0 Å². The summed E-state index contributed by atoms with van der Waals surface area (Å²) in [5, 5.41) is 1.94.